The number of rotatable bonds is 6. The van der Waals surface area contributed by atoms with E-state index < -0.39 is 5.97 Å². The molecule has 1 saturated carbocycles. The molecule has 2 rings (SSSR count). The number of carbonyl (C=O) groups is 2. The Morgan fingerprint density at radius 1 is 1.32 bits per heavy atom. The second-order valence-corrected chi connectivity index (χ2v) is 4.85. The Kier molecular flexibility index (Phi) is 4.39. The van der Waals surface area contributed by atoms with E-state index in [-0.39, 0.29) is 11.6 Å². The summed E-state index contributed by atoms with van der Waals surface area (Å²) in [4.78, 5) is 22.4. The number of hydrogen-bond donors (Lipinski definition) is 3. The minimum atomic E-state index is -1.01. The molecule has 19 heavy (non-hydrogen) atoms. The van der Waals surface area contributed by atoms with E-state index in [0.29, 0.717) is 12.2 Å². The molecule has 3 N–H and O–H groups in total. The van der Waals surface area contributed by atoms with E-state index in [9.17, 15) is 9.59 Å². The first-order valence-electron chi connectivity index (χ1n) is 6.53. The minimum absolute atomic E-state index is 0.159. The molecule has 2 amide bonds. The van der Waals surface area contributed by atoms with Gasteiger partial charge in [-0.1, -0.05) is 18.9 Å². The summed E-state index contributed by atoms with van der Waals surface area (Å²) in [5.41, 5.74) is 0.645. The van der Waals surface area contributed by atoms with Crippen LogP contribution in [0.1, 0.15) is 36.0 Å². The molecular formula is C14H18N2O3. The highest BCUT2D eigenvalue weighted by Gasteiger charge is 2.20. The molecule has 0 atom stereocenters. The van der Waals surface area contributed by atoms with Gasteiger partial charge in [0.05, 0.1) is 5.56 Å². The number of urea groups is 1. The number of benzene rings is 1. The van der Waals surface area contributed by atoms with Crippen LogP contribution < -0.4 is 10.6 Å². The van der Waals surface area contributed by atoms with Crippen LogP contribution in [0, 0.1) is 5.92 Å². The second kappa shape index (κ2) is 6.22. The smallest absolute Gasteiger partial charge is 0.335 e. The third kappa shape index (κ3) is 4.62. The standard InChI is InChI=1S/C14H18N2O3/c17-13(18)11-4-1-5-12(9-11)16-14(19)15-8-2-3-10-6-7-10/h1,4-5,9-10H,2-3,6-8H2,(H,17,18)(H2,15,16,19). The fourth-order valence-electron chi connectivity index (χ4n) is 1.90. The van der Waals surface area contributed by atoms with Crippen LogP contribution in [0.4, 0.5) is 10.5 Å². The average Bonchev–Trinajstić information content (AvgIpc) is 3.19. The van der Waals surface area contributed by atoms with Gasteiger partial charge in [0.15, 0.2) is 0 Å². The van der Waals surface area contributed by atoms with E-state index in [1.165, 1.54) is 31.4 Å². The lowest BCUT2D eigenvalue weighted by molar-refractivity contribution is 0.0697. The van der Waals surface area contributed by atoms with Gasteiger partial charge in [0.2, 0.25) is 0 Å². The molecule has 5 nitrogen and oxygen atoms in total. The summed E-state index contributed by atoms with van der Waals surface area (Å²) in [6.45, 7) is 0.654. The van der Waals surface area contributed by atoms with Crippen molar-refractivity contribution in [2.45, 2.75) is 25.7 Å². The van der Waals surface area contributed by atoms with E-state index >= 15 is 0 Å². The van der Waals surface area contributed by atoms with E-state index in [2.05, 4.69) is 10.6 Å². The number of anilines is 1. The quantitative estimate of drug-likeness (QED) is 0.690. The Labute approximate surface area is 112 Å². The topological polar surface area (TPSA) is 78.4 Å². The van der Waals surface area contributed by atoms with Gasteiger partial charge >= 0.3 is 12.0 Å². The summed E-state index contributed by atoms with van der Waals surface area (Å²) in [7, 11) is 0. The molecule has 0 radical (unpaired) electrons. The van der Waals surface area contributed by atoms with Gasteiger partial charge in [-0.15, -0.1) is 0 Å². The van der Waals surface area contributed by atoms with Crippen molar-refractivity contribution < 1.29 is 14.7 Å². The molecule has 0 spiro atoms. The van der Waals surface area contributed by atoms with Crippen LogP contribution in [0.15, 0.2) is 24.3 Å². The summed E-state index contributed by atoms with van der Waals surface area (Å²) in [5.74, 6) is -0.134. The number of carboxylic acids is 1. The highest BCUT2D eigenvalue weighted by molar-refractivity contribution is 5.93. The van der Waals surface area contributed by atoms with Crippen molar-refractivity contribution in [1.82, 2.24) is 5.32 Å². The zero-order valence-corrected chi connectivity index (χ0v) is 10.7. The Bertz CT molecular complexity index is 470. The van der Waals surface area contributed by atoms with Crippen molar-refractivity contribution >= 4 is 17.7 Å². The van der Waals surface area contributed by atoms with Crippen molar-refractivity contribution in [2.24, 2.45) is 5.92 Å². The van der Waals surface area contributed by atoms with Crippen LogP contribution in [0.2, 0.25) is 0 Å². The normalized spacial score (nSPS) is 13.9. The average molecular weight is 262 g/mol. The first kappa shape index (κ1) is 13.4. The van der Waals surface area contributed by atoms with Gasteiger partial charge in [0.1, 0.15) is 0 Å². The Balaban J connectivity index is 1.74. The minimum Gasteiger partial charge on any atom is -0.478 e. The molecule has 0 heterocycles. The van der Waals surface area contributed by atoms with Gasteiger partial charge in [0.25, 0.3) is 0 Å². The lowest BCUT2D eigenvalue weighted by atomic mass is 10.2. The van der Waals surface area contributed by atoms with E-state index in [4.69, 9.17) is 5.11 Å². The molecule has 0 aromatic heterocycles. The molecule has 0 unspecified atom stereocenters. The lowest BCUT2D eigenvalue weighted by Crippen LogP contribution is -2.29. The number of hydrogen-bond acceptors (Lipinski definition) is 2. The van der Waals surface area contributed by atoms with Crippen LogP contribution in [0.3, 0.4) is 0 Å². The zero-order valence-electron chi connectivity index (χ0n) is 10.7. The SMILES string of the molecule is O=C(NCCCC1CC1)Nc1cccc(C(=O)O)c1. The molecule has 0 saturated heterocycles. The van der Waals surface area contributed by atoms with Crippen molar-refractivity contribution in [2.75, 3.05) is 11.9 Å². The van der Waals surface area contributed by atoms with E-state index in [1.54, 1.807) is 12.1 Å². The maximum atomic E-state index is 11.6. The molecule has 1 fully saturated rings. The molecule has 1 aromatic rings. The summed E-state index contributed by atoms with van der Waals surface area (Å²) < 4.78 is 0. The predicted octanol–water partition coefficient (Wildman–Crippen LogP) is 2.70. The van der Waals surface area contributed by atoms with Crippen molar-refractivity contribution in [3.8, 4) is 0 Å². The highest BCUT2D eigenvalue weighted by Crippen LogP contribution is 2.33. The van der Waals surface area contributed by atoms with Gasteiger partial charge < -0.3 is 15.7 Å². The Morgan fingerprint density at radius 3 is 2.79 bits per heavy atom. The van der Waals surface area contributed by atoms with Crippen molar-refractivity contribution in [3.05, 3.63) is 29.8 Å². The second-order valence-electron chi connectivity index (χ2n) is 4.85. The third-order valence-electron chi connectivity index (χ3n) is 3.14. The first-order valence-corrected chi connectivity index (χ1v) is 6.53. The van der Waals surface area contributed by atoms with Gasteiger partial charge in [-0.3, -0.25) is 0 Å². The van der Waals surface area contributed by atoms with Gasteiger partial charge in [-0.2, -0.15) is 0 Å². The number of carbonyl (C=O) groups excluding carboxylic acids is 1. The number of nitrogens with one attached hydrogen (secondary N) is 2. The molecule has 5 heteroatoms. The summed E-state index contributed by atoms with van der Waals surface area (Å²) >= 11 is 0. The van der Waals surface area contributed by atoms with E-state index in [1.807, 2.05) is 0 Å². The van der Waals surface area contributed by atoms with Crippen molar-refractivity contribution in [3.63, 3.8) is 0 Å². The summed E-state index contributed by atoms with van der Waals surface area (Å²) in [6.07, 6.45) is 4.82. The fraction of sp³-hybridized carbons (Fsp3) is 0.429. The van der Waals surface area contributed by atoms with Crippen LogP contribution in [-0.4, -0.2) is 23.7 Å². The molecule has 1 aliphatic rings. The van der Waals surface area contributed by atoms with Gasteiger partial charge in [-0.25, -0.2) is 9.59 Å². The number of amides is 2. The molecule has 102 valence electrons. The summed E-state index contributed by atoms with van der Waals surface area (Å²) in [5, 5.41) is 14.2. The molecular weight excluding hydrogens is 244 g/mol. The van der Waals surface area contributed by atoms with Gasteiger partial charge in [0, 0.05) is 12.2 Å². The fourth-order valence-corrected chi connectivity index (χ4v) is 1.90. The van der Waals surface area contributed by atoms with Crippen LogP contribution in [-0.2, 0) is 0 Å². The molecule has 0 aliphatic heterocycles. The third-order valence-corrected chi connectivity index (χ3v) is 3.14. The monoisotopic (exact) mass is 262 g/mol. The summed E-state index contributed by atoms with van der Waals surface area (Å²) in [6, 6.07) is 5.90. The maximum absolute atomic E-state index is 11.6. The van der Waals surface area contributed by atoms with Gasteiger partial charge in [-0.05, 0) is 37.0 Å². The first-order chi connectivity index (χ1) is 9.15. The van der Waals surface area contributed by atoms with E-state index in [0.717, 1.165) is 12.3 Å². The highest BCUT2D eigenvalue weighted by atomic mass is 16.4. The zero-order chi connectivity index (χ0) is 13.7. The number of carboxylic acid groups (broad SMARTS) is 1. The molecule has 1 aliphatic carbocycles. The van der Waals surface area contributed by atoms with Crippen LogP contribution >= 0.6 is 0 Å². The Hall–Kier alpha value is -2.04. The predicted molar refractivity (Wildman–Crippen MR) is 72.4 cm³/mol. The molecule has 1 aromatic carbocycles. The van der Waals surface area contributed by atoms with Crippen LogP contribution in [0.5, 0.6) is 0 Å². The maximum Gasteiger partial charge on any atom is 0.335 e. The van der Waals surface area contributed by atoms with Crippen molar-refractivity contribution in [1.29, 1.82) is 0 Å². The Morgan fingerprint density at radius 2 is 2.11 bits per heavy atom. The largest absolute Gasteiger partial charge is 0.478 e. The molecule has 0 bridgehead atoms. The van der Waals surface area contributed by atoms with Crippen LogP contribution in [0.25, 0.3) is 0 Å². The number of aromatic carboxylic acids is 1. The lowest BCUT2D eigenvalue weighted by Gasteiger charge is -2.08.